The number of aromatic amines is 1. The molecule has 0 bridgehead atoms. The first-order valence-electron chi connectivity index (χ1n) is 6.81. The smallest absolute Gasteiger partial charge is 0.242 e. The molecule has 0 unspecified atom stereocenters. The van der Waals surface area contributed by atoms with E-state index in [0.29, 0.717) is 18.9 Å². The third-order valence-electron chi connectivity index (χ3n) is 3.05. The maximum absolute atomic E-state index is 12.2. The summed E-state index contributed by atoms with van der Waals surface area (Å²) < 4.78 is 28.7. The molecule has 2 aromatic rings. The average molecular weight is 312 g/mol. The number of hydrogen-bond donors (Lipinski definition) is 3. The lowest BCUT2D eigenvalue weighted by Crippen LogP contribution is -2.24. The fourth-order valence-corrected chi connectivity index (χ4v) is 2.86. The highest BCUT2D eigenvalue weighted by Gasteiger charge is 2.17. The predicted molar refractivity (Wildman–Crippen MR) is 77.9 cm³/mol. The number of H-pyrrole nitrogens is 1. The van der Waals surface area contributed by atoms with E-state index >= 15 is 0 Å². The van der Waals surface area contributed by atoms with Crippen LogP contribution in [0.15, 0.2) is 23.5 Å². The van der Waals surface area contributed by atoms with Gasteiger partial charge in [0.2, 0.25) is 10.0 Å². The van der Waals surface area contributed by atoms with Crippen LogP contribution in [0.3, 0.4) is 0 Å². The summed E-state index contributed by atoms with van der Waals surface area (Å²) in [4.78, 5) is 3.17. The van der Waals surface area contributed by atoms with Crippen LogP contribution in [0.1, 0.15) is 25.4 Å². The Morgan fingerprint density at radius 2 is 2.14 bits per heavy atom. The van der Waals surface area contributed by atoms with E-state index in [1.165, 1.54) is 6.20 Å². The van der Waals surface area contributed by atoms with E-state index in [1.54, 1.807) is 17.0 Å². The second kappa shape index (κ2) is 6.83. The quantitative estimate of drug-likeness (QED) is 0.646. The number of sulfonamides is 1. The van der Waals surface area contributed by atoms with Gasteiger partial charge in [0.15, 0.2) is 0 Å². The molecule has 8 nitrogen and oxygen atoms in total. The zero-order chi connectivity index (χ0) is 15.3. The molecule has 2 heterocycles. The molecule has 116 valence electrons. The summed E-state index contributed by atoms with van der Waals surface area (Å²) in [5.74, 6) is 0.587. The van der Waals surface area contributed by atoms with Gasteiger partial charge in [0, 0.05) is 25.0 Å². The van der Waals surface area contributed by atoms with Crippen molar-refractivity contribution in [3.63, 3.8) is 0 Å². The lowest BCUT2D eigenvalue weighted by Gasteiger charge is -2.05. The summed E-state index contributed by atoms with van der Waals surface area (Å²) in [5.41, 5.74) is 0.828. The molecule has 0 atom stereocenters. The molecule has 0 aliphatic rings. The summed E-state index contributed by atoms with van der Waals surface area (Å²) in [7, 11) is -3.56. The normalized spacial score (nSPS) is 11.9. The summed E-state index contributed by atoms with van der Waals surface area (Å²) in [5, 5.41) is 10.8. The first kappa shape index (κ1) is 15.7. The van der Waals surface area contributed by atoms with Gasteiger partial charge in [-0.2, -0.15) is 0 Å². The third-order valence-corrected chi connectivity index (χ3v) is 4.43. The Morgan fingerprint density at radius 3 is 2.86 bits per heavy atom. The Morgan fingerprint density at radius 1 is 1.33 bits per heavy atom. The molecule has 2 rings (SSSR count). The fraction of sp³-hybridized carbons (Fsp3) is 0.500. The molecule has 9 heteroatoms. The molecule has 3 N–H and O–H groups in total. The van der Waals surface area contributed by atoms with Crippen LogP contribution in [-0.2, 0) is 29.7 Å². The van der Waals surface area contributed by atoms with Gasteiger partial charge in [-0.3, -0.25) is 0 Å². The maximum atomic E-state index is 12.2. The third kappa shape index (κ3) is 3.90. The van der Waals surface area contributed by atoms with Gasteiger partial charge in [-0.15, -0.1) is 10.2 Å². The molecule has 21 heavy (non-hydrogen) atoms. The van der Waals surface area contributed by atoms with E-state index in [0.717, 1.165) is 12.2 Å². The zero-order valence-electron chi connectivity index (χ0n) is 12.1. The van der Waals surface area contributed by atoms with E-state index in [-0.39, 0.29) is 11.4 Å². The standard InChI is InChI=1S/C12H20N6O2S/c1-3-13-6-10-5-11(7-14-10)21(19,20)16-8-12-17-15-9-18(12)4-2/h5,7,9,13-14,16H,3-4,6,8H2,1-2H3. The van der Waals surface area contributed by atoms with Gasteiger partial charge in [-0.25, -0.2) is 13.1 Å². The molecule has 0 fully saturated rings. The Kier molecular flexibility index (Phi) is 5.10. The van der Waals surface area contributed by atoms with Crippen LogP contribution in [0.5, 0.6) is 0 Å². The van der Waals surface area contributed by atoms with E-state index in [1.807, 2.05) is 13.8 Å². The van der Waals surface area contributed by atoms with Gasteiger partial charge >= 0.3 is 0 Å². The SMILES string of the molecule is CCNCc1cc(S(=O)(=O)NCc2nncn2CC)c[nH]1. The lowest BCUT2D eigenvalue weighted by atomic mass is 10.4. The minimum atomic E-state index is -3.56. The van der Waals surface area contributed by atoms with Crippen LogP contribution in [0, 0.1) is 0 Å². The van der Waals surface area contributed by atoms with Crippen molar-refractivity contribution < 1.29 is 8.42 Å². The van der Waals surface area contributed by atoms with Gasteiger partial charge < -0.3 is 14.9 Å². The average Bonchev–Trinajstić information content (AvgIpc) is 3.12. The fourth-order valence-electron chi connectivity index (χ4n) is 1.86. The zero-order valence-corrected chi connectivity index (χ0v) is 12.9. The molecule has 0 aliphatic carbocycles. The number of rotatable bonds is 8. The van der Waals surface area contributed by atoms with Crippen LogP contribution >= 0.6 is 0 Å². The molecular formula is C12H20N6O2S. The molecular weight excluding hydrogens is 292 g/mol. The van der Waals surface area contributed by atoms with Crippen molar-refractivity contribution >= 4 is 10.0 Å². The summed E-state index contributed by atoms with van der Waals surface area (Å²) in [6.45, 7) is 6.18. The Labute approximate surface area is 124 Å². The summed E-state index contributed by atoms with van der Waals surface area (Å²) >= 11 is 0. The molecule has 0 aromatic carbocycles. The molecule has 0 aliphatic heterocycles. The highest BCUT2D eigenvalue weighted by Crippen LogP contribution is 2.11. The molecule has 0 amide bonds. The Balaban J connectivity index is 2.03. The van der Waals surface area contributed by atoms with E-state index in [2.05, 4.69) is 25.2 Å². The number of nitrogens with one attached hydrogen (secondary N) is 3. The van der Waals surface area contributed by atoms with Crippen molar-refractivity contribution in [2.75, 3.05) is 6.54 Å². The van der Waals surface area contributed by atoms with Crippen molar-refractivity contribution in [1.82, 2.24) is 29.8 Å². The van der Waals surface area contributed by atoms with E-state index in [4.69, 9.17) is 0 Å². The summed E-state index contributed by atoms with van der Waals surface area (Å²) in [6.07, 6.45) is 3.06. The number of aromatic nitrogens is 4. The summed E-state index contributed by atoms with van der Waals surface area (Å²) in [6, 6.07) is 1.62. The van der Waals surface area contributed by atoms with Crippen molar-refractivity contribution in [3.8, 4) is 0 Å². The van der Waals surface area contributed by atoms with E-state index < -0.39 is 10.0 Å². The Bertz CT molecular complexity index is 675. The largest absolute Gasteiger partial charge is 0.363 e. The van der Waals surface area contributed by atoms with Crippen molar-refractivity contribution in [2.24, 2.45) is 0 Å². The number of hydrogen-bond acceptors (Lipinski definition) is 5. The maximum Gasteiger partial charge on any atom is 0.242 e. The number of nitrogens with zero attached hydrogens (tertiary/aromatic N) is 3. The molecule has 0 saturated carbocycles. The van der Waals surface area contributed by atoms with Gasteiger partial charge in [0.25, 0.3) is 0 Å². The number of aryl methyl sites for hydroxylation is 1. The van der Waals surface area contributed by atoms with E-state index in [9.17, 15) is 8.42 Å². The molecule has 0 radical (unpaired) electrons. The van der Waals surface area contributed by atoms with Crippen LogP contribution in [0.25, 0.3) is 0 Å². The van der Waals surface area contributed by atoms with Crippen molar-refractivity contribution in [3.05, 3.63) is 30.1 Å². The van der Waals surface area contributed by atoms with Gasteiger partial charge in [-0.05, 0) is 19.5 Å². The first-order valence-corrected chi connectivity index (χ1v) is 8.29. The van der Waals surface area contributed by atoms with Gasteiger partial charge in [0.1, 0.15) is 12.2 Å². The van der Waals surface area contributed by atoms with Gasteiger partial charge in [0.05, 0.1) is 11.4 Å². The van der Waals surface area contributed by atoms with Gasteiger partial charge in [-0.1, -0.05) is 6.92 Å². The Hall–Kier alpha value is -1.71. The molecule has 2 aromatic heterocycles. The second-order valence-corrected chi connectivity index (χ2v) is 6.27. The van der Waals surface area contributed by atoms with Crippen LogP contribution in [0.4, 0.5) is 0 Å². The second-order valence-electron chi connectivity index (χ2n) is 4.50. The first-order chi connectivity index (χ1) is 10.1. The van der Waals surface area contributed by atoms with Crippen LogP contribution < -0.4 is 10.0 Å². The minimum absolute atomic E-state index is 0.115. The topological polar surface area (TPSA) is 105 Å². The lowest BCUT2D eigenvalue weighted by molar-refractivity contribution is 0.575. The minimum Gasteiger partial charge on any atom is -0.363 e. The highest BCUT2D eigenvalue weighted by molar-refractivity contribution is 7.89. The highest BCUT2D eigenvalue weighted by atomic mass is 32.2. The van der Waals surface area contributed by atoms with Crippen molar-refractivity contribution in [1.29, 1.82) is 0 Å². The molecule has 0 saturated heterocycles. The van der Waals surface area contributed by atoms with Crippen LogP contribution in [0.2, 0.25) is 0 Å². The molecule has 0 spiro atoms. The predicted octanol–water partition coefficient (Wildman–Crippen LogP) is 0.214. The van der Waals surface area contributed by atoms with Crippen molar-refractivity contribution in [2.45, 2.75) is 38.4 Å². The van der Waals surface area contributed by atoms with Crippen LogP contribution in [-0.4, -0.2) is 34.7 Å². The monoisotopic (exact) mass is 312 g/mol.